The van der Waals surface area contributed by atoms with E-state index in [1.165, 1.54) is 11.8 Å². The Morgan fingerprint density at radius 3 is 3.08 bits per heavy atom. The Balaban J connectivity index is 1.49. The molecule has 1 amide bonds. The highest BCUT2D eigenvalue weighted by molar-refractivity contribution is 7.99. The van der Waals surface area contributed by atoms with Crippen molar-refractivity contribution in [2.45, 2.75) is 18.0 Å². The number of pyridine rings is 1. The molecule has 0 aliphatic carbocycles. The van der Waals surface area contributed by atoms with E-state index in [1.807, 2.05) is 45.9 Å². The lowest BCUT2D eigenvalue weighted by molar-refractivity contribution is -0.116. The first-order chi connectivity index (χ1) is 12.7. The maximum Gasteiger partial charge on any atom is 0.237 e. The molecule has 0 bridgehead atoms. The zero-order chi connectivity index (χ0) is 17.9. The second kappa shape index (κ2) is 7.47. The van der Waals surface area contributed by atoms with Gasteiger partial charge < -0.3 is 4.90 Å². The Hall–Kier alpha value is -2.38. The number of halogens is 1. The number of amides is 1. The van der Waals surface area contributed by atoms with Gasteiger partial charge in [-0.1, -0.05) is 29.4 Å². The van der Waals surface area contributed by atoms with E-state index in [-0.39, 0.29) is 11.7 Å². The smallest absolute Gasteiger partial charge is 0.237 e. The number of hydrogen-bond acceptors (Lipinski definition) is 5. The van der Waals surface area contributed by atoms with Gasteiger partial charge >= 0.3 is 0 Å². The Labute approximate surface area is 160 Å². The molecule has 26 heavy (non-hydrogen) atoms. The van der Waals surface area contributed by atoms with Crippen molar-refractivity contribution in [2.24, 2.45) is 0 Å². The third-order valence-corrected chi connectivity index (χ3v) is 5.34. The van der Waals surface area contributed by atoms with Crippen LogP contribution < -0.4 is 4.90 Å². The molecule has 0 spiro atoms. The molecule has 4 rings (SSSR count). The van der Waals surface area contributed by atoms with Crippen LogP contribution in [0.2, 0.25) is 5.02 Å². The number of fused-ring (bicyclic) bond motifs is 1. The molecule has 0 atom stereocenters. The van der Waals surface area contributed by atoms with Gasteiger partial charge in [-0.2, -0.15) is 0 Å². The van der Waals surface area contributed by atoms with Crippen molar-refractivity contribution in [3.63, 3.8) is 0 Å². The zero-order valence-electron chi connectivity index (χ0n) is 13.9. The summed E-state index contributed by atoms with van der Waals surface area (Å²) >= 11 is 7.43. The summed E-state index contributed by atoms with van der Waals surface area (Å²) in [6, 6.07) is 11.3. The van der Waals surface area contributed by atoms with Gasteiger partial charge in [0.15, 0.2) is 5.16 Å². The number of anilines is 1. The van der Waals surface area contributed by atoms with Crippen LogP contribution in [-0.2, 0) is 11.2 Å². The molecule has 0 N–H and O–H groups in total. The number of aryl methyl sites for hydroxylation is 1. The number of thioether (sulfide) groups is 1. The van der Waals surface area contributed by atoms with Gasteiger partial charge in [0.2, 0.25) is 5.91 Å². The highest BCUT2D eigenvalue weighted by Gasteiger charge is 2.23. The minimum atomic E-state index is 0.0459. The van der Waals surface area contributed by atoms with E-state index < -0.39 is 0 Å². The highest BCUT2D eigenvalue weighted by Crippen LogP contribution is 2.27. The van der Waals surface area contributed by atoms with Crippen LogP contribution in [0.1, 0.15) is 12.1 Å². The van der Waals surface area contributed by atoms with Crippen LogP contribution in [0.5, 0.6) is 0 Å². The molecule has 1 aliphatic heterocycles. The summed E-state index contributed by atoms with van der Waals surface area (Å²) in [6.07, 6.45) is 5.24. The number of nitrogens with zero attached hydrogens (tertiary/aromatic N) is 5. The predicted molar refractivity (Wildman–Crippen MR) is 102 cm³/mol. The molecule has 0 radical (unpaired) electrons. The molecule has 0 saturated heterocycles. The van der Waals surface area contributed by atoms with Crippen LogP contribution in [0.15, 0.2) is 54.1 Å². The van der Waals surface area contributed by atoms with Gasteiger partial charge in [-0.25, -0.2) is 0 Å². The van der Waals surface area contributed by atoms with E-state index in [0.29, 0.717) is 10.2 Å². The molecule has 1 aromatic carbocycles. The number of benzene rings is 1. The summed E-state index contributed by atoms with van der Waals surface area (Å²) in [5.74, 6) is 0.331. The van der Waals surface area contributed by atoms with Crippen LogP contribution in [0.3, 0.4) is 0 Å². The average Bonchev–Trinajstić information content (AvgIpc) is 3.14. The van der Waals surface area contributed by atoms with E-state index in [0.717, 1.165) is 36.5 Å². The predicted octanol–water partition coefficient (Wildman–Crippen LogP) is 3.39. The van der Waals surface area contributed by atoms with Gasteiger partial charge in [0.05, 0.1) is 22.8 Å². The van der Waals surface area contributed by atoms with Crippen molar-refractivity contribution in [3.8, 4) is 5.69 Å². The minimum absolute atomic E-state index is 0.0459. The Morgan fingerprint density at radius 1 is 1.27 bits per heavy atom. The van der Waals surface area contributed by atoms with Crippen molar-refractivity contribution < 1.29 is 4.79 Å². The third-order valence-electron chi connectivity index (χ3n) is 4.18. The summed E-state index contributed by atoms with van der Waals surface area (Å²) < 4.78 is 1.83. The molecule has 3 heterocycles. The van der Waals surface area contributed by atoms with Crippen molar-refractivity contribution in [3.05, 3.63) is 59.6 Å². The van der Waals surface area contributed by atoms with Gasteiger partial charge in [-0.3, -0.25) is 14.3 Å². The minimum Gasteiger partial charge on any atom is -0.310 e. The van der Waals surface area contributed by atoms with Crippen molar-refractivity contribution in [1.29, 1.82) is 0 Å². The maximum atomic E-state index is 12.8. The van der Waals surface area contributed by atoms with E-state index in [1.54, 1.807) is 12.5 Å². The second-order valence-electron chi connectivity index (χ2n) is 5.87. The van der Waals surface area contributed by atoms with Gasteiger partial charge in [0.25, 0.3) is 0 Å². The number of rotatable bonds is 4. The van der Waals surface area contributed by atoms with Gasteiger partial charge in [-0.05, 0) is 43.2 Å². The van der Waals surface area contributed by atoms with Crippen molar-refractivity contribution in [2.75, 3.05) is 17.2 Å². The topological polar surface area (TPSA) is 63.9 Å². The molecule has 0 unspecified atom stereocenters. The van der Waals surface area contributed by atoms with E-state index in [4.69, 9.17) is 11.6 Å². The fourth-order valence-electron chi connectivity index (χ4n) is 2.98. The number of hydrogen-bond donors (Lipinski definition) is 0. The fourth-order valence-corrected chi connectivity index (χ4v) is 3.97. The van der Waals surface area contributed by atoms with Crippen LogP contribution in [0, 0.1) is 0 Å². The molecule has 6 nitrogen and oxygen atoms in total. The van der Waals surface area contributed by atoms with Crippen LogP contribution >= 0.6 is 23.4 Å². The molecular weight excluding hydrogens is 370 g/mol. The third kappa shape index (κ3) is 3.45. The Kier molecular flexibility index (Phi) is 4.90. The first-order valence-electron chi connectivity index (χ1n) is 8.25. The number of carbonyl (C=O) groups is 1. The number of carbonyl (C=O) groups excluding carboxylic acids is 1. The zero-order valence-corrected chi connectivity index (χ0v) is 15.5. The molecule has 8 heteroatoms. The number of aromatic nitrogens is 4. The van der Waals surface area contributed by atoms with Gasteiger partial charge in [0, 0.05) is 17.8 Å². The van der Waals surface area contributed by atoms with Crippen molar-refractivity contribution in [1.82, 2.24) is 19.7 Å². The largest absolute Gasteiger partial charge is 0.310 e. The summed E-state index contributed by atoms with van der Waals surface area (Å²) in [4.78, 5) is 19.0. The molecule has 132 valence electrons. The lowest BCUT2D eigenvalue weighted by atomic mass is 10.1. The average molecular weight is 386 g/mol. The lowest BCUT2D eigenvalue weighted by Gasteiger charge is -2.28. The fraction of sp³-hybridized carbons (Fsp3) is 0.222. The summed E-state index contributed by atoms with van der Waals surface area (Å²) in [7, 11) is 0. The van der Waals surface area contributed by atoms with Gasteiger partial charge in [0.1, 0.15) is 6.33 Å². The van der Waals surface area contributed by atoms with E-state index in [2.05, 4.69) is 15.2 Å². The first kappa shape index (κ1) is 17.1. The Morgan fingerprint density at radius 2 is 2.19 bits per heavy atom. The highest BCUT2D eigenvalue weighted by atomic mass is 35.5. The molecule has 0 saturated carbocycles. The lowest BCUT2D eigenvalue weighted by Crippen LogP contribution is -2.37. The molecule has 2 aromatic heterocycles. The second-order valence-corrected chi connectivity index (χ2v) is 7.25. The monoisotopic (exact) mass is 385 g/mol. The molecule has 1 aliphatic rings. The summed E-state index contributed by atoms with van der Waals surface area (Å²) in [6.45, 7) is 0.721. The normalized spacial score (nSPS) is 13.5. The molecule has 3 aromatic rings. The van der Waals surface area contributed by atoms with E-state index in [9.17, 15) is 4.79 Å². The SMILES string of the molecule is O=C(CSc1nncn1-c1cccc(Cl)c1)N1CCCc2ncccc21. The van der Waals surface area contributed by atoms with Crippen molar-refractivity contribution >= 4 is 35.0 Å². The standard InChI is InChI=1S/C18H16ClN5OS/c19-13-4-1-5-14(10-13)24-12-21-22-18(24)26-11-17(25)23-9-3-6-15-16(23)7-2-8-20-15/h1-2,4-5,7-8,10,12H,3,6,9,11H2. The quantitative estimate of drug-likeness (QED) is 0.644. The maximum absolute atomic E-state index is 12.8. The van der Waals surface area contributed by atoms with Crippen LogP contribution in [-0.4, -0.2) is 38.0 Å². The van der Waals surface area contributed by atoms with Gasteiger partial charge in [-0.15, -0.1) is 10.2 Å². The molecular formula is C18H16ClN5OS. The Bertz CT molecular complexity index is 945. The summed E-state index contributed by atoms with van der Waals surface area (Å²) in [5.41, 5.74) is 2.77. The summed E-state index contributed by atoms with van der Waals surface area (Å²) in [5, 5.41) is 9.40. The van der Waals surface area contributed by atoms with E-state index >= 15 is 0 Å². The molecule has 0 fully saturated rings. The van der Waals surface area contributed by atoms with Crippen LogP contribution in [0.4, 0.5) is 5.69 Å². The van der Waals surface area contributed by atoms with Crippen LogP contribution in [0.25, 0.3) is 5.69 Å². The first-order valence-corrected chi connectivity index (χ1v) is 9.62.